The van der Waals surface area contributed by atoms with Gasteiger partial charge in [-0.2, -0.15) is 0 Å². The number of benzene rings is 2. The Morgan fingerprint density at radius 1 is 0.957 bits per heavy atom. The molecular formula is C35H30Cl2N6O4. The van der Waals surface area contributed by atoms with Crippen LogP contribution < -0.4 is 20.3 Å². The number of hydrogen-bond acceptors (Lipinski definition) is 7. The van der Waals surface area contributed by atoms with Gasteiger partial charge in [-0.05, 0) is 60.5 Å². The number of fused-ring (bicyclic) bond motifs is 1. The maximum absolute atomic E-state index is 13.0. The molecular weight excluding hydrogens is 639 g/mol. The number of nitrogens with one attached hydrogen (secondary N) is 2. The average Bonchev–Trinajstić information content (AvgIpc) is 3.09. The molecule has 12 heteroatoms. The summed E-state index contributed by atoms with van der Waals surface area (Å²) < 4.78 is 6.08. The number of hydrogen-bond donors (Lipinski definition) is 2. The lowest BCUT2D eigenvalue weighted by Gasteiger charge is -2.21. The number of pyridine rings is 3. The summed E-state index contributed by atoms with van der Waals surface area (Å²) in [6.45, 7) is 2.01. The summed E-state index contributed by atoms with van der Waals surface area (Å²) in [6.07, 6.45) is 7.62. The van der Waals surface area contributed by atoms with E-state index in [9.17, 15) is 14.4 Å². The number of carbonyl (C=O) groups excluding carboxylic acids is 3. The smallest absolute Gasteiger partial charge is 0.270 e. The second kappa shape index (κ2) is 15.3. The Balaban J connectivity index is 1.14. The summed E-state index contributed by atoms with van der Waals surface area (Å²) in [5.41, 5.74) is 4.21. The molecule has 0 saturated carbocycles. The SMILES string of the molecule is Cc1ccc2cccc(OCc3c(Cl)ccc(N(C)C(=O)CNC(=O)C=Cc4ccc(C(=O)NCc5cccnc5)nc4)c3Cl)c2n1. The van der Waals surface area contributed by atoms with Crippen LogP contribution in [0.15, 0.2) is 91.4 Å². The van der Waals surface area contributed by atoms with E-state index in [0.717, 1.165) is 22.2 Å². The number of aromatic nitrogens is 3. The molecule has 3 amide bonds. The number of carbonyl (C=O) groups is 3. The molecule has 238 valence electrons. The number of rotatable bonds is 11. The number of ether oxygens (including phenoxy) is 1. The quantitative estimate of drug-likeness (QED) is 0.167. The molecule has 5 aromatic rings. The van der Waals surface area contributed by atoms with Gasteiger partial charge in [0.15, 0.2) is 0 Å². The summed E-state index contributed by atoms with van der Waals surface area (Å²) >= 11 is 13.2. The van der Waals surface area contributed by atoms with Crippen molar-refractivity contribution in [3.8, 4) is 5.75 Å². The van der Waals surface area contributed by atoms with Crippen LogP contribution in [0.25, 0.3) is 17.0 Å². The fourth-order valence-corrected chi connectivity index (χ4v) is 5.13. The zero-order valence-corrected chi connectivity index (χ0v) is 27.0. The highest BCUT2D eigenvalue weighted by atomic mass is 35.5. The topological polar surface area (TPSA) is 126 Å². The molecule has 2 aromatic carbocycles. The van der Waals surface area contributed by atoms with Crippen molar-refractivity contribution < 1.29 is 19.1 Å². The third-order valence-corrected chi connectivity index (χ3v) is 7.91. The number of halogens is 2. The molecule has 0 radical (unpaired) electrons. The van der Waals surface area contributed by atoms with E-state index in [1.54, 1.807) is 49.8 Å². The number of para-hydroxylation sites is 1. The van der Waals surface area contributed by atoms with E-state index >= 15 is 0 Å². The molecule has 5 rings (SSSR count). The van der Waals surface area contributed by atoms with Crippen LogP contribution in [0.2, 0.25) is 10.0 Å². The number of nitrogens with zero attached hydrogens (tertiary/aromatic N) is 4. The van der Waals surface area contributed by atoms with Crippen LogP contribution in [-0.4, -0.2) is 46.3 Å². The first-order valence-corrected chi connectivity index (χ1v) is 15.3. The highest BCUT2D eigenvalue weighted by Crippen LogP contribution is 2.35. The van der Waals surface area contributed by atoms with Gasteiger partial charge in [-0.1, -0.05) is 53.5 Å². The molecule has 0 fully saturated rings. The Labute approximate surface area is 281 Å². The van der Waals surface area contributed by atoms with Crippen LogP contribution in [0.5, 0.6) is 5.75 Å². The van der Waals surface area contributed by atoms with Gasteiger partial charge in [0.1, 0.15) is 23.6 Å². The lowest BCUT2D eigenvalue weighted by molar-refractivity contribution is -0.122. The first-order chi connectivity index (χ1) is 22.7. The number of amides is 3. The van der Waals surface area contributed by atoms with Crippen LogP contribution in [0, 0.1) is 6.92 Å². The molecule has 0 atom stereocenters. The van der Waals surface area contributed by atoms with Crippen LogP contribution in [0.1, 0.15) is 32.9 Å². The van der Waals surface area contributed by atoms with Crippen molar-refractivity contribution in [3.63, 3.8) is 0 Å². The van der Waals surface area contributed by atoms with Gasteiger partial charge in [0.05, 0.1) is 17.3 Å². The Morgan fingerprint density at radius 3 is 2.57 bits per heavy atom. The Morgan fingerprint density at radius 2 is 1.81 bits per heavy atom. The second-order valence-electron chi connectivity index (χ2n) is 10.5. The highest BCUT2D eigenvalue weighted by Gasteiger charge is 2.19. The minimum atomic E-state index is -0.486. The average molecular weight is 670 g/mol. The lowest BCUT2D eigenvalue weighted by Crippen LogP contribution is -2.37. The third kappa shape index (κ3) is 8.49. The van der Waals surface area contributed by atoms with E-state index in [1.165, 1.54) is 23.2 Å². The molecule has 0 bridgehead atoms. The van der Waals surface area contributed by atoms with Crippen molar-refractivity contribution in [3.05, 3.63) is 130 Å². The van der Waals surface area contributed by atoms with E-state index < -0.39 is 11.8 Å². The maximum Gasteiger partial charge on any atom is 0.270 e. The van der Waals surface area contributed by atoms with E-state index in [0.29, 0.717) is 34.1 Å². The largest absolute Gasteiger partial charge is 0.487 e. The highest BCUT2D eigenvalue weighted by molar-refractivity contribution is 6.38. The van der Waals surface area contributed by atoms with Crippen molar-refractivity contribution in [1.82, 2.24) is 25.6 Å². The van der Waals surface area contributed by atoms with Gasteiger partial charge >= 0.3 is 0 Å². The summed E-state index contributed by atoms with van der Waals surface area (Å²) in [6, 6.07) is 19.7. The van der Waals surface area contributed by atoms with E-state index in [2.05, 4.69) is 25.6 Å². The Hall–Kier alpha value is -5.32. The van der Waals surface area contributed by atoms with Gasteiger partial charge < -0.3 is 20.3 Å². The number of likely N-dealkylation sites (N-methyl/N-ethyl adjacent to an activating group) is 1. The van der Waals surface area contributed by atoms with Crippen LogP contribution in [0.4, 0.5) is 5.69 Å². The molecule has 0 aliphatic carbocycles. The minimum Gasteiger partial charge on any atom is -0.487 e. The molecule has 0 spiro atoms. The molecule has 3 heterocycles. The number of anilines is 1. The maximum atomic E-state index is 13.0. The second-order valence-corrected chi connectivity index (χ2v) is 11.2. The molecule has 2 N–H and O–H groups in total. The molecule has 0 saturated heterocycles. The number of aryl methyl sites for hydroxylation is 1. The first kappa shape index (κ1) is 33.1. The van der Waals surface area contributed by atoms with Crippen molar-refractivity contribution in [2.75, 3.05) is 18.5 Å². The van der Waals surface area contributed by atoms with Crippen molar-refractivity contribution in [2.45, 2.75) is 20.1 Å². The predicted molar refractivity (Wildman–Crippen MR) is 182 cm³/mol. The fourth-order valence-electron chi connectivity index (χ4n) is 4.52. The Bertz CT molecular complexity index is 1950. The monoisotopic (exact) mass is 668 g/mol. The summed E-state index contributed by atoms with van der Waals surface area (Å²) in [7, 11) is 1.56. The summed E-state index contributed by atoms with van der Waals surface area (Å²) in [4.78, 5) is 51.9. The zero-order valence-electron chi connectivity index (χ0n) is 25.5. The predicted octanol–water partition coefficient (Wildman–Crippen LogP) is 5.94. The van der Waals surface area contributed by atoms with Gasteiger partial charge in [0.25, 0.3) is 5.91 Å². The normalized spacial score (nSPS) is 11.0. The zero-order chi connectivity index (χ0) is 33.3. The first-order valence-electron chi connectivity index (χ1n) is 14.5. The molecule has 47 heavy (non-hydrogen) atoms. The Kier molecular flexibility index (Phi) is 10.8. The van der Waals surface area contributed by atoms with Gasteiger partial charge in [0, 0.05) is 59.9 Å². The van der Waals surface area contributed by atoms with Crippen LogP contribution in [-0.2, 0) is 22.7 Å². The van der Waals surface area contributed by atoms with Gasteiger partial charge in [-0.3, -0.25) is 24.4 Å². The minimum absolute atomic E-state index is 0.0513. The van der Waals surface area contributed by atoms with E-state index in [4.69, 9.17) is 27.9 Å². The van der Waals surface area contributed by atoms with Crippen molar-refractivity contribution in [2.24, 2.45) is 0 Å². The lowest BCUT2D eigenvalue weighted by atomic mass is 10.1. The summed E-state index contributed by atoms with van der Waals surface area (Å²) in [5.74, 6) is -0.638. The molecule has 3 aromatic heterocycles. The van der Waals surface area contributed by atoms with Crippen molar-refractivity contribution >= 4 is 63.6 Å². The standard InChI is InChI=1S/C35H30Cl2N6O4/c1-22-8-11-25-6-3-7-30(34(25)42-22)47-21-26-27(36)12-14-29(33(26)37)43(2)32(45)20-40-31(44)15-10-23-9-13-28(39-18-23)35(46)41-19-24-5-4-16-38-17-24/h3-18H,19-21H2,1-2H3,(H,40,44)(H,41,46). The molecule has 0 unspecified atom stereocenters. The molecule has 10 nitrogen and oxygen atoms in total. The van der Waals surface area contributed by atoms with Gasteiger partial charge in [-0.15, -0.1) is 0 Å². The van der Waals surface area contributed by atoms with Gasteiger partial charge in [0.2, 0.25) is 11.8 Å². The molecule has 0 aliphatic rings. The van der Waals surface area contributed by atoms with Crippen LogP contribution in [0.3, 0.4) is 0 Å². The van der Waals surface area contributed by atoms with Gasteiger partial charge in [-0.25, -0.2) is 4.98 Å². The third-order valence-electron chi connectivity index (χ3n) is 7.13. The molecule has 0 aliphatic heterocycles. The fraction of sp³-hybridized carbons (Fsp3) is 0.143. The van der Waals surface area contributed by atoms with Crippen molar-refractivity contribution in [1.29, 1.82) is 0 Å². The van der Waals surface area contributed by atoms with E-state index in [-0.39, 0.29) is 29.8 Å². The summed E-state index contributed by atoms with van der Waals surface area (Å²) in [5, 5.41) is 6.93. The van der Waals surface area contributed by atoms with E-state index in [1.807, 2.05) is 43.3 Å². The van der Waals surface area contributed by atoms with Crippen LogP contribution >= 0.6 is 23.2 Å².